The van der Waals surface area contributed by atoms with Gasteiger partial charge < -0.3 is 15.3 Å². The largest absolute Gasteiger partial charge is 0.342 e. The zero-order chi connectivity index (χ0) is 25.0. The number of benzene rings is 3. The van der Waals surface area contributed by atoms with Crippen molar-refractivity contribution >= 4 is 10.8 Å². The van der Waals surface area contributed by atoms with E-state index in [1.54, 1.807) is 0 Å². The van der Waals surface area contributed by atoms with Crippen molar-refractivity contribution in [2.75, 3.05) is 6.54 Å². The van der Waals surface area contributed by atoms with Crippen molar-refractivity contribution in [1.82, 2.24) is 25.3 Å². The van der Waals surface area contributed by atoms with Crippen LogP contribution in [0.25, 0.3) is 44.4 Å². The van der Waals surface area contributed by atoms with Gasteiger partial charge in [-0.1, -0.05) is 74.7 Å². The van der Waals surface area contributed by atoms with Crippen molar-refractivity contribution in [2.45, 2.75) is 57.9 Å². The Hall–Kier alpha value is -3.70. The normalized spacial score (nSPS) is 14.1. The summed E-state index contributed by atoms with van der Waals surface area (Å²) in [5, 5.41) is 5.91. The van der Waals surface area contributed by atoms with E-state index in [2.05, 4.69) is 92.8 Å². The Kier molecular flexibility index (Phi) is 6.87. The van der Waals surface area contributed by atoms with Gasteiger partial charge in [0.25, 0.3) is 0 Å². The molecule has 0 saturated heterocycles. The summed E-state index contributed by atoms with van der Waals surface area (Å²) in [5.74, 6) is 2.74. The Balaban J connectivity index is 1.16. The molecule has 3 aromatic carbocycles. The number of H-pyrrole nitrogens is 2. The molecule has 2 heterocycles. The standard InChI is InChI=1S/C32H35N5/c1-2-3-16-33-21-31-34-19-30(36-31)28-15-14-26-17-25(12-13-27(26)18-28)22-8-10-23(11-9-22)29-20-35-32(37-29)24-6-4-5-7-24/h8-15,17-20,24,33H,2-7,16,21H2,1H3,(H,34,36)(H,35,37). The van der Waals surface area contributed by atoms with E-state index in [0.29, 0.717) is 5.92 Å². The van der Waals surface area contributed by atoms with Gasteiger partial charge in [0.1, 0.15) is 11.6 Å². The van der Waals surface area contributed by atoms with Crippen molar-refractivity contribution in [2.24, 2.45) is 0 Å². The van der Waals surface area contributed by atoms with Crippen LogP contribution in [0.5, 0.6) is 0 Å². The van der Waals surface area contributed by atoms with Gasteiger partial charge in [-0.3, -0.25) is 0 Å². The van der Waals surface area contributed by atoms with Crippen LogP contribution in [0.1, 0.15) is 63.0 Å². The average Bonchev–Trinajstić information content (AvgIpc) is 3.73. The van der Waals surface area contributed by atoms with Crippen LogP contribution >= 0.6 is 0 Å². The second kappa shape index (κ2) is 10.7. The number of unbranched alkanes of at least 4 members (excludes halogenated alkanes) is 1. The predicted octanol–water partition coefficient (Wildman–Crippen LogP) is 7.83. The molecule has 5 heteroatoms. The van der Waals surface area contributed by atoms with Gasteiger partial charge in [0, 0.05) is 11.5 Å². The Morgan fingerprint density at radius 3 is 2.19 bits per heavy atom. The summed E-state index contributed by atoms with van der Waals surface area (Å²) in [6.45, 7) is 4.01. The van der Waals surface area contributed by atoms with Crippen molar-refractivity contribution in [3.05, 3.63) is 84.7 Å². The Bertz CT molecular complexity index is 1470. The molecule has 1 aliphatic rings. The predicted molar refractivity (Wildman–Crippen MR) is 152 cm³/mol. The smallest absolute Gasteiger partial charge is 0.120 e. The lowest BCUT2D eigenvalue weighted by Crippen LogP contribution is -2.15. The minimum Gasteiger partial charge on any atom is -0.342 e. The number of rotatable bonds is 9. The van der Waals surface area contributed by atoms with E-state index in [-0.39, 0.29) is 0 Å². The fourth-order valence-electron chi connectivity index (χ4n) is 5.43. The summed E-state index contributed by atoms with van der Waals surface area (Å²) in [6.07, 6.45) is 11.5. The molecule has 1 saturated carbocycles. The monoisotopic (exact) mass is 489 g/mol. The van der Waals surface area contributed by atoms with E-state index < -0.39 is 0 Å². The van der Waals surface area contributed by atoms with Crippen LogP contribution in [-0.4, -0.2) is 26.5 Å². The van der Waals surface area contributed by atoms with Crippen molar-refractivity contribution in [3.63, 3.8) is 0 Å². The Morgan fingerprint density at radius 1 is 0.757 bits per heavy atom. The molecule has 0 atom stereocenters. The number of aromatic amines is 2. The lowest BCUT2D eigenvalue weighted by molar-refractivity contribution is 0.626. The molecular formula is C32H35N5. The molecule has 0 spiro atoms. The highest BCUT2D eigenvalue weighted by atomic mass is 15.0. The van der Waals surface area contributed by atoms with Crippen LogP contribution in [0.4, 0.5) is 0 Å². The molecular weight excluding hydrogens is 454 g/mol. The van der Waals surface area contributed by atoms with E-state index in [0.717, 1.165) is 41.7 Å². The number of nitrogens with zero attached hydrogens (tertiary/aromatic N) is 2. The molecule has 6 rings (SSSR count). The quantitative estimate of drug-likeness (QED) is 0.185. The van der Waals surface area contributed by atoms with Crippen LogP contribution in [0, 0.1) is 0 Å². The van der Waals surface area contributed by atoms with E-state index in [1.165, 1.54) is 66.0 Å². The first-order valence-electron chi connectivity index (χ1n) is 13.7. The van der Waals surface area contributed by atoms with Gasteiger partial charge in [-0.05, 0) is 65.4 Å². The fourth-order valence-corrected chi connectivity index (χ4v) is 5.43. The van der Waals surface area contributed by atoms with Crippen LogP contribution in [-0.2, 0) is 6.54 Å². The minimum atomic E-state index is 0.606. The summed E-state index contributed by atoms with van der Waals surface area (Å²) in [6, 6.07) is 22.1. The minimum absolute atomic E-state index is 0.606. The first-order chi connectivity index (χ1) is 18.3. The summed E-state index contributed by atoms with van der Waals surface area (Å²) < 4.78 is 0. The average molecular weight is 490 g/mol. The number of hydrogen-bond donors (Lipinski definition) is 3. The third kappa shape index (κ3) is 5.23. The zero-order valence-electron chi connectivity index (χ0n) is 21.6. The SMILES string of the molecule is CCCCNCc1ncc(-c2ccc3cc(-c4ccc(-c5cnc(C6CCCC6)[nH]5)cc4)ccc3c2)[nH]1. The molecule has 0 amide bonds. The molecule has 37 heavy (non-hydrogen) atoms. The molecule has 0 radical (unpaired) electrons. The summed E-state index contributed by atoms with van der Waals surface area (Å²) >= 11 is 0. The number of fused-ring (bicyclic) bond motifs is 1. The van der Waals surface area contributed by atoms with Gasteiger partial charge in [-0.2, -0.15) is 0 Å². The third-order valence-corrected chi connectivity index (χ3v) is 7.65. The van der Waals surface area contributed by atoms with E-state index in [4.69, 9.17) is 0 Å². The van der Waals surface area contributed by atoms with Crippen molar-refractivity contribution < 1.29 is 0 Å². The van der Waals surface area contributed by atoms with Crippen LogP contribution in [0.2, 0.25) is 0 Å². The topological polar surface area (TPSA) is 69.4 Å². The molecule has 0 unspecified atom stereocenters. The second-order valence-corrected chi connectivity index (χ2v) is 10.3. The molecule has 188 valence electrons. The Labute approximate surface area is 218 Å². The van der Waals surface area contributed by atoms with Crippen LogP contribution in [0.15, 0.2) is 73.1 Å². The number of nitrogens with one attached hydrogen (secondary N) is 3. The molecule has 5 nitrogen and oxygen atoms in total. The maximum atomic E-state index is 4.67. The van der Waals surface area contributed by atoms with Gasteiger partial charge in [-0.15, -0.1) is 0 Å². The summed E-state index contributed by atoms with van der Waals surface area (Å²) in [4.78, 5) is 16.3. The fraction of sp³-hybridized carbons (Fsp3) is 0.312. The highest BCUT2D eigenvalue weighted by Crippen LogP contribution is 2.34. The zero-order valence-corrected chi connectivity index (χ0v) is 21.6. The van der Waals surface area contributed by atoms with Gasteiger partial charge in [-0.25, -0.2) is 9.97 Å². The second-order valence-electron chi connectivity index (χ2n) is 10.3. The number of aromatic nitrogens is 4. The molecule has 0 aliphatic heterocycles. The summed E-state index contributed by atoms with van der Waals surface area (Å²) in [7, 11) is 0. The maximum Gasteiger partial charge on any atom is 0.120 e. The molecule has 2 aromatic heterocycles. The molecule has 3 N–H and O–H groups in total. The van der Waals surface area contributed by atoms with Crippen molar-refractivity contribution in [1.29, 1.82) is 0 Å². The molecule has 1 fully saturated rings. The van der Waals surface area contributed by atoms with Gasteiger partial charge in [0.05, 0.1) is 30.3 Å². The van der Waals surface area contributed by atoms with Gasteiger partial charge in [0.2, 0.25) is 0 Å². The van der Waals surface area contributed by atoms with Crippen molar-refractivity contribution in [3.8, 4) is 33.6 Å². The highest BCUT2D eigenvalue weighted by Gasteiger charge is 2.20. The molecule has 0 bridgehead atoms. The van der Waals surface area contributed by atoms with E-state index >= 15 is 0 Å². The van der Waals surface area contributed by atoms with Crippen LogP contribution in [0.3, 0.4) is 0 Å². The number of imidazole rings is 2. The van der Waals surface area contributed by atoms with Crippen LogP contribution < -0.4 is 5.32 Å². The Morgan fingerprint density at radius 2 is 1.41 bits per heavy atom. The third-order valence-electron chi connectivity index (χ3n) is 7.65. The highest BCUT2D eigenvalue weighted by molar-refractivity contribution is 5.90. The molecule has 1 aliphatic carbocycles. The van der Waals surface area contributed by atoms with E-state index in [1.807, 2.05) is 12.4 Å². The van der Waals surface area contributed by atoms with Gasteiger partial charge in [0.15, 0.2) is 0 Å². The number of hydrogen-bond acceptors (Lipinski definition) is 3. The lowest BCUT2D eigenvalue weighted by atomic mass is 9.98. The molecule has 5 aromatic rings. The lowest BCUT2D eigenvalue weighted by Gasteiger charge is -2.07. The first-order valence-corrected chi connectivity index (χ1v) is 13.7. The first kappa shape index (κ1) is 23.7. The summed E-state index contributed by atoms with van der Waals surface area (Å²) in [5.41, 5.74) is 6.96. The van der Waals surface area contributed by atoms with Gasteiger partial charge >= 0.3 is 0 Å². The van der Waals surface area contributed by atoms with E-state index in [9.17, 15) is 0 Å². The maximum absolute atomic E-state index is 4.67.